The van der Waals surface area contributed by atoms with Gasteiger partial charge in [-0.1, -0.05) is 200 Å². The van der Waals surface area contributed by atoms with E-state index in [0.29, 0.717) is 17.5 Å². The number of thiophene rings is 1. The van der Waals surface area contributed by atoms with E-state index in [1.165, 1.54) is 69.4 Å². The molecule has 0 saturated heterocycles. The molecule has 0 fully saturated rings. The number of para-hydroxylation sites is 2. The lowest BCUT2D eigenvalue weighted by Gasteiger charge is -2.12. The number of hydrogen-bond acceptors (Lipinski definition) is 4. The van der Waals surface area contributed by atoms with Gasteiger partial charge in [-0.25, -0.2) is 15.0 Å². The predicted molar refractivity (Wildman–Crippen MR) is 314 cm³/mol. The van der Waals surface area contributed by atoms with Crippen molar-refractivity contribution < 1.29 is 0 Å². The van der Waals surface area contributed by atoms with Crippen molar-refractivity contribution in [2.75, 3.05) is 0 Å². The van der Waals surface area contributed by atoms with Crippen LogP contribution in [0.15, 0.2) is 261 Å². The average Bonchev–Trinajstić information content (AvgIpc) is 4.19. The maximum absolute atomic E-state index is 5.23. The topological polar surface area (TPSA) is 48.5 Å². The smallest absolute Gasteiger partial charge is 0.164 e. The Labute approximate surface area is 436 Å². The molecule has 0 aliphatic carbocycles. The molecule has 4 aromatic heterocycles. The molecule has 0 saturated carbocycles. The zero-order valence-corrected chi connectivity index (χ0v) is 41.3. The molecule has 0 bridgehead atoms. The van der Waals surface area contributed by atoms with E-state index in [-0.39, 0.29) is 0 Å². The Balaban J connectivity index is 0.893. The summed E-state index contributed by atoms with van der Waals surface area (Å²) in [5, 5.41) is 7.45. The predicted octanol–water partition coefficient (Wildman–Crippen LogP) is 18.4. The van der Waals surface area contributed by atoms with Gasteiger partial charge in [0.15, 0.2) is 17.5 Å². The number of aromatic nitrogens is 5. The van der Waals surface area contributed by atoms with Gasteiger partial charge in [0.05, 0.1) is 31.5 Å². The fraction of sp³-hybridized carbons (Fsp3) is 0. The molecule has 11 aromatic carbocycles. The lowest BCUT2D eigenvalue weighted by atomic mass is 10.0. The Morgan fingerprint density at radius 2 is 0.573 bits per heavy atom. The number of hydrogen-bond donors (Lipinski definition) is 0. The Morgan fingerprint density at radius 3 is 1.03 bits per heavy atom. The summed E-state index contributed by atoms with van der Waals surface area (Å²) in [6.07, 6.45) is 0. The number of nitrogens with zero attached hydrogens (tertiary/aromatic N) is 5. The Hall–Kier alpha value is -9.75. The standard InChI is InChI=1S/C69H43N5S/c1-4-16-44(17-5-1)47-30-34-53(35-31-47)73-61-28-12-10-26-55(61)57-38-40-59-60-41-39-58-56-27-11-13-29-62(56)74(64(58)66(60)75-65(59)63(57)73)54-36-32-48(33-37-54)67-70-68(51-24-14-22-49(42-51)45-18-6-2-7-19-45)72-69(71-67)52-25-15-23-50(43-52)46-20-8-3-9-21-46/h1-43H. The van der Waals surface area contributed by atoms with E-state index < -0.39 is 0 Å². The summed E-state index contributed by atoms with van der Waals surface area (Å²) in [7, 11) is 0. The minimum atomic E-state index is 0.611. The maximum atomic E-state index is 5.23. The van der Waals surface area contributed by atoms with E-state index in [2.05, 4.69) is 258 Å². The van der Waals surface area contributed by atoms with E-state index in [1.54, 1.807) is 0 Å². The van der Waals surface area contributed by atoms with Crippen molar-refractivity contribution in [3.8, 4) is 78.9 Å². The van der Waals surface area contributed by atoms with Crippen LogP contribution in [0.5, 0.6) is 0 Å². The minimum absolute atomic E-state index is 0.611. The van der Waals surface area contributed by atoms with Crippen molar-refractivity contribution in [3.63, 3.8) is 0 Å². The first kappa shape index (κ1) is 42.9. The molecule has 0 radical (unpaired) electrons. The van der Waals surface area contributed by atoms with E-state index in [1.807, 2.05) is 23.5 Å². The summed E-state index contributed by atoms with van der Waals surface area (Å²) in [5.74, 6) is 1.85. The normalized spacial score (nSPS) is 11.7. The summed E-state index contributed by atoms with van der Waals surface area (Å²) in [4.78, 5) is 15.6. The quantitative estimate of drug-likeness (QED) is 0.152. The summed E-state index contributed by atoms with van der Waals surface area (Å²) >= 11 is 1.90. The van der Waals surface area contributed by atoms with Crippen LogP contribution in [0.25, 0.3) is 143 Å². The molecule has 0 unspecified atom stereocenters. The third-order valence-corrected chi connectivity index (χ3v) is 16.0. The van der Waals surface area contributed by atoms with Crippen LogP contribution in [0.2, 0.25) is 0 Å². The zero-order valence-electron chi connectivity index (χ0n) is 40.5. The first-order valence-electron chi connectivity index (χ1n) is 25.3. The van der Waals surface area contributed by atoms with Crippen molar-refractivity contribution in [3.05, 3.63) is 261 Å². The summed E-state index contributed by atoms with van der Waals surface area (Å²) < 4.78 is 7.46. The molecule has 5 nitrogen and oxygen atoms in total. The van der Waals surface area contributed by atoms with Crippen LogP contribution in [0.4, 0.5) is 0 Å². The molecule has 75 heavy (non-hydrogen) atoms. The van der Waals surface area contributed by atoms with Crippen LogP contribution >= 0.6 is 11.3 Å². The largest absolute Gasteiger partial charge is 0.308 e. The van der Waals surface area contributed by atoms with Crippen LogP contribution < -0.4 is 0 Å². The van der Waals surface area contributed by atoms with E-state index in [4.69, 9.17) is 15.0 Å². The SMILES string of the molecule is c1ccc(-c2ccc(-n3c4ccccc4c4ccc5c6ccc7c8ccccc8n(-c8ccc(-c9nc(-c%10cccc(-c%11ccccc%11)c%10)nc(-c%10cccc(-c%11ccccc%11)c%10)n9)cc8)c7c6sc5c43)cc2)cc1. The molecule has 0 aliphatic rings. The van der Waals surface area contributed by atoms with Gasteiger partial charge in [-0.3, -0.25) is 0 Å². The molecule has 0 atom stereocenters. The van der Waals surface area contributed by atoms with Gasteiger partial charge in [0.25, 0.3) is 0 Å². The van der Waals surface area contributed by atoms with Crippen LogP contribution in [-0.4, -0.2) is 24.1 Å². The lowest BCUT2D eigenvalue weighted by molar-refractivity contribution is 1.07. The fourth-order valence-corrected chi connectivity index (χ4v) is 12.6. The first-order chi connectivity index (χ1) is 37.2. The van der Waals surface area contributed by atoms with Crippen LogP contribution in [0.3, 0.4) is 0 Å². The monoisotopic (exact) mass is 973 g/mol. The van der Waals surface area contributed by atoms with Gasteiger partial charge in [-0.15, -0.1) is 11.3 Å². The van der Waals surface area contributed by atoms with E-state index in [0.717, 1.165) is 55.8 Å². The molecule has 350 valence electrons. The highest BCUT2D eigenvalue weighted by Crippen LogP contribution is 2.47. The van der Waals surface area contributed by atoms with Gasteiger partial charge in [0.1, 0.15) is 0 Å². The molecule has 0 spiro atoms. The van der Waals surface area contributed by atoms with Crippen molar-refractivity contribution >= 4 is 75.1 Å². The third-order valence-electron chi connectivity index (χ3n) is 14.8. The van der Waals surface area contributed by atoms with Crippen LogP contribution in [-0.2, 0) is 0 Å². The van der Waals surface area contributed by atoms with E-state index >= 15 is 0 Å². The van der Waals surface area contributed by atoms with E-state index in [9.17, 15) is 0 Å². The molecule has 0 N–H and O–H groups in total. The van der Waals surface area contributed by atoms with Gasteiger partial charge in [0, 0.05) is 60.4 Å². The molecule has 15 aromatic rings. The van der Waals surface area contributed by atoms with Gasteiger partial charge in [-0.2, -0.15) is 0 Å². The summed E-state index contributed by atoms with van der Waals surface area (Å²) in [6, 6.07) is 93.2. The van der Waals surface area contributed by atoms with Crippen LogP contribution in [0.1, 0.15) is 0 Å². The summed E-state index contributed by atoms with van der Waals surface area (Å²) in [5.41, 5.74) is 16.6. The second-order valence-corrected chi connectivity index (χ2v) is 20.2. The number of benzene rings is 11. The zero-order chi connectivity index (χ0) is 49.4. The van der Waals surface area contributed by atoms with Gasteiger partial charge in [0.2, 0.25) is 0 Å². The minimum Gasteiger partial charge on any atom is -0.308 e. The first-order valence-corrected chi connectivity index (χ1v) is 26.2. The Morgan fingerprint density at radius 1 is 0.240 bits per heavy atom. The van der Waals surface area contributed by atoms with Gasteiger partial charge < -0.3 is 9.13 Å². The molecule has 6 heteroatoms. The highest BCUT2D eigenvalue weighted by molar-refractivity contribution is 7.27. The molecule has 0 aliphatic heterocycles. The molecule has 0 amide bonds. The Bertz CT molecular complexity index is 4570. The van der Waals surface area contributed by atoms with Gasteiger partial charge in [-0.05, 0) is 94.0 Å². The molecule has 4 heterocycles. The fourth-order valence-electron chi connectivity index (χ4n) is 11.2. The second-order valence-electron chi connectivity index (χ2n) is 19.1. The van der Waals surface area contributed by atoms with Crippen molar-refractivity contribution in [2.45, 2.75) is 0 Å². The van der Waals surface area contributed by atoms with Crippen LogP contribution in [0, 0.1) is 0 Å². The third kappa shape index (κ3) is 7.18. The van der Waals surface area contributed by atoms with Crippen molar-refractivity contribution in [2.24, 2.45) is 0 Å². The second kappa shape index (κ2) is 17.5. The Kier molecular flexibility index (Phi) is 10.00. The van der Waals surface area contributed by atoms with Crippen molar-refractivity contribution in [1.82, 2.24) is 24.1 Å². The maximum Gasteiger partial charge on any atom is 0.164 e. The molecular weight excluding hydrogens is 931 g/mol. The van der Waals surface area contributed by atoms with Gasteiger partial charge >= 0.3 is 0 Å². The molecular formula is C69H43N5S. The summed E-state index contributed by atoms with van der Waals surface area (Å²) in [6.45, 7) is 0. The highest BCUT2D eigenvalue weighted by Gasteiger charge is 2.22. The molecule has 15 rings (SSSR count). The number of rotatable bonds is 8. The lowest BCUT2D eigenvalue weighted by Crippen LogP contribution is -2.01. The number of fused-ring (bicyclic) bond motifs is 11. The average molecular weight is 974 g/mol. The van der Waals surface area contributed by atoms with Crippen molar-refractivity contribution in [1.29, 1.82) is 0 Å². The highest BCUT2D eigenvalue weighted by atomic mass is 32.1.